The van der Waals surface area contributed by atoms with Gasteiger partial charge in [0, 0.05) is 30.8 Å². The molecule has 1 saturated heterocycles. The number of nitrogens with zero attached hydrogens (tertiary/aromatic N) is 2. The Bertz CT molecular complexity index is 866. The molecule has 0 radical (unpaired) electrons. The van der Waals surface area contributed by atoms with Gasteiger partial charge in [-0.05, 0) is 79.9 Å². The number of halogens is 1. The van der Waals surface area contributed by atoms with Crippen LogP contribution in [0.5, 0.6) is 0 Å². The van der Waals surface area contributed by atoms with E-state index < -0.39 is 0 Å². The average Bonchev–Trinajstić information content (AvgIpc) is 2.91. The maximum atomic E-state index is 13.0. The van der Waals surface area contributed by atoms with Crippen LogP contribution in [0, 0.1) is 12.7 Å². The van der Waals surface area contributed by atoms with Gasteiger partial charge in [-0.2, -0.15) is 0 Å². The van der Waals surface area contributed by atoms with Crippen LogP contribution in [0.4, 0.5) is 4.39 Å². The van der Waals surface area contributed by atoms with E-state index in [1.165, 1.54) is 41.3 Å². The quantitative estimate of drug-likeness (QED) is 0.615. The molecule has 1 unspecified atom stereocenters. The van der Waals surface area contributed by atoms with E-state index in [1.54, 1.807) is 12.1 Å². The van der Waals surface area contributed by atoms with E-state index in [1.807, 2.05) is 12.1 Å². The smallest absolute Gasteiger partial charge is 0.123 e. The van der Waals surface area contributed by atoms with Gasteiger partial charge >= 0.3 is 0 Å². The molecule has 1 atom stereocenters. The van der Waals surface area contributed by atoms with Crippen molar-refractivity contribution in [2.75, 3.05) is 19.6 Å². The van der Waals surface area contributed by atoms with Crippen molar-refractivity contribution in [3.63, 3.8) is 0 Å². The number of aromatic nitrogens is 1. The van der Waals surface area contributed by atoms with Gasteiger partial charge in [-0.1, -0.05) is 24.3 Å². The topological polar surface area (TPSA) is 8.17 Å². The zero-order valence-electron chi connectivity index (χ0n) is 15.5. The summed E-state index contributed by atoms with van der Waals surface area (Å²) >= 11 is 0. The molecule has 136 valence electrons. The number of fused-ring (bicyclic) bond motifs is 1. The highest BCUT2D eigenvalue weighted by atomic mass is 19.1. The van der Waals surface area contributed by atoms with Crippen molar-refractivity contribution in [3.05, 3.63) is 71.7 Å². The monoisotopic (exact) mass is 350 g/mol. The number of rotatable bonds is 4. The molecule has 0 bridgehead atoms. The molecule has 3 heteroatoms. The minimum absolute atomic E-state index is 0.152. The van der Waals surface area contributed by atoms with Gasteiger partial charge in [-0.3, -0.25) is 0 Å². The number of benzene rings is 2. The molecule has 0 saturated carbocycles. The first-order valence-corrected chi connectivity index (χ1v) is 9.73. The summed E-state index contributed by atoms with van der Waals surface area (Å²) in [5.41, 5.74) is 3.92. The SMILES string of the molecule is Cc1ccc2ccn(C3CCCN(CCc4ccc(F)cc4)CC3)c2c1. The third-order valence-corrected chi connectivity index (χ3v) is 5.69. The van der Waals surface area contributed by atoms with Gasteiger partial charge in [0.1, 0.15) is 5.82 Å². The second-order valence-corrected chi connectivity index (χ2v) is 7.59. The van der Waals surface area contributed by atoms with E-state index in [-0.39, 0.29) is 5.82 Å². The van der Waals surface area contributed by atoms with Gasteiger partial charge in [-0.15, -0.1) is 0 Å². The fourth-order valence-electron chi connectivity index (χ4n) is 4.16. The Hall–Kier alpha value is -2.13. The molecule has 4 rings (SSSR count). The lowest BCUT2D eigenvalue weighted by atomic mass is 10.1. The van der Waals surface area contributed by atoms with Gasteiger partial charge < -0.3 is 9.47 Å². The molecular weight excluding hydrogens is 323 g/mol. The maximum Gasteiger partial charge on any atom is 0.123 e. The Morgan fingerprint density at radius 2 is 1.85 bits per heavy atom. The molecule has 26 heavy (non-hydrogen) atoms. The lowest BCUT2D eigenvalue weighted by Gasteiger charge is -2.21. The Kier molecular flexibility index (Phi) is 5.07. The van der Waals surface area contributed by atoms with Crippen LogP contribution in [-0.2, 0) is 6.42 Å². The van der Waals surface area contributed by atoms with Gasteiger partial charge in [0.05, 0.1) is 0 Å². The van der Waals surface area contributed by atoms with Crippen molar-refractivity contribution < 1.29 is 4.39 Å². The van der Waals surface area contributed by atoms with E-state index in [0.717, 1.165) is 26.1 Å². The van der Waals surface area contributed by atoms with Gasteiger partial charge in [0.2, 0.25) is 0 Å². The molecule has 2 nitrogen and oxygen atoms in total. The number of aryl methyl sites for hydroxylation is 1. The van der Waals surface area contributed by atoms with Gasteiger partial charge in [0.25, 0.3) is 0 Å². The lowest BCUT2D eigenvalue weighted by molar-refractivity contribution is 0.284. The Labute approximate surface area is 155 Å². The molecule has 0 aliphatic carbocycles. The summed E-state index contributed by atoms with van der Waals surface area (Å²) in [5.74, 6) is -0.152. The van der Waals surface area contributed by atoms with E-state index >= 15 is 0 Å². The summed E-state index contributed by atoms with van der Waals surface area (Å²) in [6.45, 7) is 5.53. The van der Waals surface area contributed by atoms with Crippen molar-refractivity contribution in [2.24, 2.45) is 0 Å². The largest absolute Gasteiger partial charge is 0.344 e. The van der Waals surface area contributed by atoms with Crippen molar-refractivity contribution >= 4 is 10.9 Å². The van der Waals surface area contributed by atoms with Crippen LogP contribution in [-0.4, -0.2) is 29.1 Å². The Morgan fingerprint density at radius 3 is 2.69 bits per heavy atom. The molecule has 2 aromatic carbocycles. The Balaban J connectivity index is 1.39. The van der Waals surface area contributed by atoms with Crippen LogP contribution in [0.3, 0.4) is 0 Å². The van der Waals surface area contributed by atoms with E-state index in [9.17, 15) is 4.39 Å². The molecule has 1 aliphatic rings. The Morgan fingerprint density at radius 1 is 1.00 bits per heavy atom. The molecule has 2 heterocycles. The maximum absolute atomic E-state index is 13.0. The second kappa shape index (κ2) is 7.63. The predicted molar refractivity (Wildman–Crippen MR) is 106 cm³/mol. The fourth-order valence-corrected chi connectivity index (χ4v) is 4.16. The molecule has 1 aliphatic heterocycles. The predicted octanol–water partition coefficient (Wildman–Crippen LogP) is 5.36. The standard InChI is InChI=1S/C23H27FN2/c1-18-4-7-20-11-16-26(23(20)17-18)22-3-2-13-25(15-12-22)14-10-19-5-8-21(24)9-6-19/h4-9,11,16-17,22H,2-3,10,12-15H2,1H3. The normalized spacial score (nSPS) is 18.9. The first kappa shape index (κ1) is 17.3. The van der Waals surface area contributed by atoms with Gasteiger partial charge in [-0.25, -0.2) is 4.39 Å². The minimum Gasteiger partial charge on any atom is -0.344 e. The van der Waals surface area contributed by atoms with Crippen molar-refractivity contribution in [1.82, 2.24) is 9.47 Å². The third-order valence-electron chi connectivity index (χ3n) is 5.69. The highest BCUT2D eigenvalue weighted by Gasteiger charge is 2.19. The van der Waals surface area contributed by atoms with E-state index in [4.69, 9.17) is 0 Å². The highest BCUT2D eigenvalue weighted by Crippen LogP contribution is 2.28. The van der Waals surface area contributed by atoms with E-state index in [2.05, 4.69) is 46.9 Å². The average molecular weight is 350 g/mol. The number of hydrogen-bond acceptors (Lipinski definition) is 1. The van der Waals surface area contributed by atoms with Crippen molar-refractivity contribution in [3.8, 4) is 0 Å². The summed E-state index contributed by atoms with van der Waals surface area (Å²) in [4.78, 5) is 2.57. The first-order chi connectivity index (χ1) is 12.7. The van der Waals surface area contributed by atoms with Crippen LogP contribution in [0.15, 0.2) is 54.7 Å². The minimum atomic E-state index is -0.152. The van der Waals surface area contributed by atoms with Crippen LogP contribution in [0.1, 0.15) is 36.4 Å². The molecule has 3 aromatic rings. The number of likely N-dealkylation sites (tertiary alicyclic amines) is 1. The fraction of sp³-hybridized carbons (Fsp3) is 0.391. The zero-order valence-corrected chi connectivity index (χ0v) is 15.5. The summed E-state index contributed by atoms with van der Waals surface area (Å²) in [6, 6.07) is 16.5. The molecule has 1 aromatic heterocycles. The second-order valence-electron chi connectivity index (χ2n) is 7.59. The summed E-state index contributed by atoms with van der Waals surface area (Å²) in [6.07, 6.45) is 6.94. The lowest BCUT2D eigenvalue weighted by Crippen LogP contribution is -2.27. The molecule has 0 spiro atoms. The molecule has 1 fully saturated rings. The highest BCUT2D eigenvalue weighted by molar-refractivity contribution is 5.80. The first-order valence-electron chi connectivity index (χ1n) is 9.73. The van der Waals surface area contributed by atoms with Crippen molar-refractivity contribution in [1.29, 1.82) is 0 Å². The summed E-state index contributed by atoms with van der Waals surface area (Å²) in [7, 11) is 0. The molecular formula is C23H27FN2. The van der Waals surface area contributed by atoms with E-state index in [0.29, 0.717) is 6.04 Å². The summed E-state index contributed by atoms with van der Waals surface area (Å²) < 4.78 is 15.5. The van der Waals surface area contributed by atoms with Gasteiger partial charge in [0.15, 0.2) is 0 Å². The van der Waals surface area contributed by atoms with Crippen LogP contribution >= 0.6 is 0 Å². The molecule has 0 amide bonds. The molecule has 0 N–H and O–H groups in total. The zero-order chi connectivity index (χ0) is 17.9. The third kappa shape index (κ3) is 3.83. The van der Waals surface area contributed by atoms with Crippen LogP contribution < -0.4 is 0 Å². The van der Waals surface area contributed by atoms with Crippen LogP contribution in [0.2, 0.25) is 0 Å². The van der Waals surface area contributed by atoms with Crippen LogP contribution in [0.25, 0.3) is 10.9 Å². The summed E-state index contributed by atoms with van der Waals surface area (Å²) in [5, 5.41) is 1.34. The van der Waals surface area contributed by atoms with Crippen molar-refractivity contribution in [2.45, 2.75) is 38.6 Å². The number of hydrogen-bond donors (Lipinski definition) is 0.